The van der Waals surface area contributed by atoms with Crippen LogP contribution in [0.1, 0.15) is 15.9 Å². The van der Waals surface area contributed by atoms with Gasteiger partial charge in [-0.3, -0.25) is 9.80 Å². The predicted octanol–water partition coefficient (Wildman–Crippen LogP) is 0.274. The highest BCUT2D eigenvalue weighted by molar-refractivity contribution is 7.11. The molecule has 3 saturated heterocycles. The van der Waals surface area contributed by atoms with Crippen molar-refractivity contribution in [3.05, 3.63) is 16.1 Å². The number of hydrogen-bond acceptors (Lipinski definition) is 5. The summed E-state index contributed by atoms with van der Waals surface area (Å²) < 4.78 is 0. The first-order valence-electron chi connectivity index (χ1n) is 5.48. The van der Waals surface area contributed by atoms with Gasteiger partial charge in [0.05, 0.1) is 6.04 Å². The minimum atomic E-state index is 0.526. The van der Waals surface area contributed by atoms with Crippen LogP contribution in [0.4, 0.5) is 0 Å². The van der Waals surface area contributed by atoms with Crippen molar-refractivity contribution in [1.82, 2.24) is 14.8 Å². The van der Waals surface area contributed by atoms with Gasteiger partial charge < -0.3 is 5.73 Å². The molecule has 0 aliphatic carbocycles. The molecule has 2 N–H and O–H groups in total. The normalized spacial score (nSPS) is 34.6. The number of rotatable bonds is 2. The zero-order chi connectivity index (χ0) is 10.3. The first-order chi connectivity index (χ1) is 7.36. The van der Waals surface area contributed by atoms with E-state index in [4.69, 9.17) is 5.73 Å². The Morgan fingerprint density at radius 1 is 1.40 bits per heavy atom. The van der Waals surface area contributed by atoms with Crippen LogP contribution < -0.4 is 5.73 Å². The number of hydrogen-bond donors (Lipinski definition) is 1. The third-order valence-electron chi connectivity index (χ3n) is 3.34. The topological polar surface area (TPSA) is 45.4 Å². The molecule has 4 heterocycles. The van der Waals surface area contributed by atoms with E-state index in [0.29, 0.717) is 12.6 Å². The van der Waals surface area contributed by atoms with Crippen LogP contribution in [0, 0.1) is 0 Å². The highest BCUT2D eigenvalue weighted by Crippen LogP contribution is 2.31. The molecule has 1 aromatic heterocycles. The van der Waals surface area contributed by atoms with Crippen LogP contribution >= 0.6 is 11.3 Å². The zero-order valence-corrected chi connectivity index (χ0v) is 9.54. The van der Waals surface area contributed by atoms with Crippen molar-refractivity contribution in [3.8, 4) is 0 Å². The Hall–Kier alpha value is -0.490. The quantitative estimate of drug-likeness (QED) is 0.783. The van der Waals surface area contributed by atoms with E-state index in [0.717, 1.165) is 6.54 Å². The van der Waals surface area contributed by atoms with Crippen LogP contribution in [-0.4, -0.2) is 47.5 Å². The Balaban J connectivity index is 1.81. The smallest absolute Gasteiger partial charge is 0.111 e. The van der Waals surface area contributed by atoms with E-state index in [1.165, 1.54) is 36.1 Å². The van der Waals surface area contributed by atoms with Gasteiger partial charge in [-0.05, 0) is 0 Å². The van der Waals surface area contributed by atoms with Crippen molar-refractivity contribution in [3.63, 3.8) is 0 Å². The van der Waals surface area contributed by atoms with Crippen LogP contribution in [0.5, 0.6) is 0 Å². The SMILES string of the molecule is NCc1cnc(C2CN3CCN2CC3)s1. The lowest BCUT2D eigenvalue weighted by Gasteiger charge is -2.46. The molecule has 82 valence electrons. The van der Waals surface area contributed by atoms with Crippen molar-refractivity contribution in [1.29, 1.82) is 0 Å². The third-order valence-corrected chi connectivity index (χ3v) is 4.46. The third kappa shape index (κ3) is 1.69. The molecule has 1 unspecified atom stereocenters. The molecule has 0 spiro atoms. The second kappa shape index (κ2) is 3.83. The molecule has 2 bridgehead atoms. The number of piperazine rings is 3. The van der Waals surface area contributed by atoms with Gasteiger partial charge in [0.25, 0.3) is 0 Å². The fraction of sp³-hybridized carbons (Fsp3) is 0.700. The average Bonchev–Trinajstić information content (AvgIpc) is 2.79. The highest BCUT2D eigenvalue weighted by Gasteiger charge is 2.34. The lowest BCUT2D eigenvalue weighted by atomic mass is 10.1. The average molecular weight is 224 g/mol. The molecule has 0 saturated carbocycles. The van der Waals surface area contributed by atoms with Crippen LogP contribution in [-0.2, 0) is 6.54 Å². The first-order valence-corrected chi connectivity index (χ1v) is 6.29. The van der Waals surface area contributed by atoms with Gasteiger partial charge in [-0.2, -0.15) is 0 Å². The van der Waals surface area contributed by atoms with Gasteiger partial charge in [0.1, 0.15) is 5.01 Å². The number of aromatic nitrogens is 1. The van der Waals surface area contributed by atoms with Crippen LogP contribution in [0.15, 0.2) is 6.20 Å². The van der Waals surface area contributed by atoms with Gasteiger partial charge in [0.15, 0.2) is 0 Å². The van der Waals surface area contributed by atoms with E-state index in [2.05, 4.69) is 14.8 Å². The number of nitrogens with zero attached hydrogens (tertiary/aromatic N) is 3. The van der Waals surface area contributed by atoms with Crippen LogP contribution in [0.3, 0.4) is 0 Å². The Labute approximate surface area is 93.7 Å². The minimum absolute atomic E-state index is 0.526. The zero-order valence-electron chi connectivity index (χ0n) is 8.72. The fourth-order valence-electron chi connectivity index (χ4n) is 2.42. The van der Waals surface area contributed by atoms with Gasteiger partial charge in [0, 0.05) is 50.3 Å². The van der Waals surface area contributed by atoms with Crippen molar-refractivity contribution in [2.45, 2.75) is 12.6 Å². The van der Waals surface area contributed by atoms with Crippen LogP contribution in [0.2, 0.25) is 0 Å². The molecular weight excluding hydrogens is 208 g/mol. The molecule has 0 radical (unpaired) electrons. The van der Waals surface area contributed by atoms with Gasteiger partial charge >= 0.3 is 0 Å². The largest absolute Gasteiger partial charge is 0.326 e. The summed E-state index contributed by atoms with van der Waals surface area (Å²) in [5.74, 6) is 0. The summed E-state index contributed by atoms with van der Waals surface area (Å²) in [6, 6.07) is 0.526. The standard InChI is InChI=1S/C10H16N4S/c11-5-8-6-12-10(15-8)9-7-13-1-3-14(9)4-2-13/h6,9H,1-5,7,11H2. The Kier molecular flexibility index (Phi) is 2.48. The Bertz CT molecular complexity index is 343. The van der Waals surface area contributed by atoms with Gasteiger partial charge in [-0.15, -0.1) is 11.3 Å². The molecule has 3 fully saturated rings. The van der Waals surface area contributed by atoms with E-state index < -0.39 is 0 Å². The Morgan fingerprint density at radius 2 is 2.20 bits per heavy atom. The van der Waals surface area contributed by atoms with E-state index in [9.17, 15) is 0 Å². The van der Waals surface area contributed by atoms with E-state index in [1.54, 1.807) is 11.3 Å². The molecule has 15 heavy (non-hydrogen) atoms. The molecule has 0 aromatic carbocycles. The van der Waals surface area contributed by atoms with E-state index in [-0.39, 0.29) is 0 Å². The fourth-order valence-corrected chi connectivity index (χ4v) is 3.35. The summed E-state index contributed by atoms with van der Waals surface area (Å²) >= 11 is 1.77. The van der Waals surface area contributed by atoms with Crippen LogP contribution in [0.25, 0.3) is 0 Å². The van der Waals surface area contributed by atoms with Crippen molar-refractivity contribution < 1.29 is 0 Å². The van der Waals surface area contributed by atoms with Gasteiger partial charge in [-0.1, -0.05) is 0 Å². The predicted molar refractivity (Wildman–Crippen MR) is 60.8 cm³/mol. The molecule has 4 nitrogen and oxygen atoms in total. The molecule has 1 aromatic rings. The second-order valence-corrected chi connectivity index (χ2v) is 5.37. The van der Waals surface area contributed by atoms with Gasteiger partial charge in [0.2, 0.25) is 0 Å². The van der Waals surface area contributed by atoms with Crippen molar-refractivity contribution >= 4 is 11.3 Å². The van der Waals surface area contributed by atoms with Crippen molar-refractivity contribution in [2.24, 2.45) is 5.73 Å². The molecule has 3 aliphatic heterocycles. The van der Waals surface area contributed by atoms with Gasteiger partial charge in [-0.25, -0.2) is 4.98 Å². The Morgan fingerprint density at radius 3 is 2.73 bits per heavy atom. The van der Waals surface area contributed by atoms with Crippen molar-refractivity contribution in [2.75, 3.05) is 32.7 Å². The lowest BCUT2D eigenvalue weighted by Crippen LogP contribution is -2.56. The molecule has 3 aliphatic rings. The second-order valence-electron chi connectivity index (χ2n) is 4.22. The van der Waals surface area contributed by atoms with E-state index >= 15 is 0 Å². The maximum Gasteiger partial charge on any atom is 0.111 e. The summed E-state index contributed by atoms with van der Waals surface area (Å²) in [5, 5.41) is 1.25. The molecule has 0 amide bonds. The number of fused-ring (bicyclic) bond motifs is 3. The lowest BCUT2D eigenvalue weighted by molar-refractivity contribution is 0.0122. The van der Waals surface area contributed by atoms with E-state index in [1.807, 2.05) is 6.20 Å². The molecular formula is C10H16N4S. The summed E-state index contributed by atoms with van der Waals surface area (Å²) in [6.45, 7) is 6.62. The first kappa shape index (κ1) is 9.72. The maximum absolute atomic E-state index is 5.62. The monoisotopic (exact) mass is 224 g/mol. The summed E-state index contributed by atoms with van der Waals surface area (Å²) in [6.07, 6.45) is 1.93. The summed E-state index contributed by atoms with van der Waals surface area (Å²) in [4.78, 5) is 10.8. The molecule has 1 atom stereocenters. The highest BCUT2D eigenvalue weighted by atomic mass is 32.1. The minimum Gasteiger partial charge on any atom is -0.326 e. The molecule has 5 heteroatoms. The number of nitrogens with two attached hydrogens (primary N) is 1. The maximum atomic E-state index is 5.62. The summed E-state index contributed by atoms with van der Waals surface area (Å²) in [7, 11) is 0. The number of thiazole rings is 1. The summed E-state index contributed by atoms with van der Waals surface area (Å²) in [5.41, 5.74) is 5.62. The molecule has 4 rings (SSSR count).